The van der Waals surface area contributed by atoms with Gasteiger partial charge in [-0.15, -0.1) is 0 Å². The van der Waals surface area contributed by atoms with Gasteiger partial charge in [-0.05, 0) is 63.8 Å². The van der Waals surface area contributed by atoms with Crippen LogP contribution in [0.25, 0.3) is 0 Å². The Labute approximate surface area is 196 Å². The molecule has 0 aliphatic rings. The van der Waals surface area contributed by atoms with E-state index in [4.69, 9.17) is 4.74 Å². The number of para-hydroxylation sites is 1. The number of hydrogen-bond donors (Lipinski definition) is 2. The van der Waals surface area contributed by atoms with E-state index in [9.17, 15) is 14.4 Å². The highest BCUT2D eigenvalue weighted by Crippen LogP contribution is 2.24. The largest absolute Gasteiger partial charge is 0.444 e. The van der Waals surface area contributed by atoms with Crippen LogP contribution in [0.2, 0.25) is 0 Å². The molecule has 0 fully saturated rings. The Morgan fingerprint density at radius 2 is 1.64 bits per heavy atom. The molecule has 0 saturated heterocycles. The second kappa shape index (κ2) is 11.0. The number of amides is 3. The Morgan fingerprint density at radius 1 is 1.03 bits per heavy atom. The molecule has 33 heavy (non-hydrogen) atoms. The fourth-order valence-electron chi connectivity index (χ4n) is 3.38. The number of carbonyl (C=O) groups excluding carboxylic acids is 3. The summed E-state index contributed by atoms with van der Waals surface area (Å²) in [4.78, 5) is 40.1. The van der Waals surface area contributed by atoms with Gasteiger partial charge < -0.3 is 20.3 Å². The summed E-state index contributed by atoms with van der Waals surface area (Å²) in [6, 6.07) is 13.3. The fraction of sp³-hybridized carbons (Fsp3) is 0.423. The van der Waals surface area contributed by atoms with E-state index in [1.807, 2.05) is 55.5 Å². The Bertz CT molecular complexity index is 980. The summed E-state index contributed by atoms with van der Waals surface area (Å²) in [7, 11) is 1.56. The van der Waals surface area contributed by atoms with Crippen LogP contribution in [0.3, 0.4) is 0 Å². The lowest BCUT2D eigenvalue weighted by molar-refractivity contribution is -0.138. The summed E-state index contributed by atoms with van der Waals surface area (Å²) in [5.74, 6) is -0.751. The number of hydrogen-bond acceptors (Lipinski definition) is 4. The summed E-state index contributed by atoms with van der Waals surface area (Å²) >= 11 is 0. The molecule has 3 amide bonds. The predicted molar refractivity (Wildman–Crippen MR) is 130 cm³/mol. The standard InChI is InChI=1S/C26H35N3O4/c1-8-19-13-15-20(16-14-19)22(23(30)28-21-12-10-9-11-17(21)2)29(7)24(31)18(3)27-25(32)33-26(4,5)6/h9-16,18,22H,8H2,1-7H3,(H,27,32)(H,28,30). The van der Waals surface area contributed by atoms with Crippen LogP contribution in [0, 0.1) is 6.92 Å². The first-order valence-electron chi connectivity index (χ1n) is 11.1. The molecule has 0 radical (unpaired) electrons. The number of ether oxygens (including phenoxy) is 1. The molecule has 7 heteroatoms. The van der Waals surface area contributed by atoms with Crippen molar-refractivity contribution in [2.45, 2.75) is 65.6 Å². The number of alkyl carbamates (subject to hydrolysis) is 1. The Kier molecular flexibility index (Phi) is 8.63. The van der Waals surface area contributed by atoms with Crippen molar-refractivity contribution < 1.29 is 19.1 Å². The molecule has 178 valence electrons. The molecule has 2 aromatic carbocycles. The highest BCUT2D eigenvalue weighted by Gasteiger charge is 2.32. The third-order valence-corrected chi connectivity index (χ3v) is 5.19. The van der Waals surface area contributed by atoms with Gasteiger partial charge in [0.25, 0.3) is 5.91 Å². The van der Waals surface area contributed by atoms with Crippen LogP contribution in [0.1, 0.15) is 57.4 Å². The summed E-state index contributed by atoms with van der Waals surface area (Å²) < 4.78 is 5.25. The van der Waals surface area contributed by atoms with Crippen molar-refractivity contribution in [3.05, 3.63) is 65.2 Å². The van der Waals surface area contributed by atoms with E-state index in [-0.39, 0.29) is 5.91 Å². The maximum atomic E-state index is 13.4. The third kappa shape index (κ3) is 7.34. The minimum Gasteiger partial charge on any atom is -0.444 e. The average Bonchev–Trinajstić information content (AvgIpc) is 2.74. The quantitative estimate of drug-likeness (QED) is 0.641. The van der Waals surface area contributed by atoms with E-state index in [0.29, 0.717) is 11.3 Å². The van der Waals surface area contributed by atoms with Crippen LogP contribution >= 0.6 is 0 Å². The summed E-state index contributed by atoms with van der Waals surface area (Å²) in [5, 5.41) is 5.49. The first-order chi connectivity index (χ1) is 15.4. The van der Waals surface area contributed by atoms with E-state index in [1.165, 1.54) is 4.90 Å². The number of rotatable bonds is 7. The average molecular weight is 454 g/mol. The Balaban J connectivity index is 2.29. The summed E-state index contributed by atoms with van der Waals surface area (Å²) in [6.07, 6.45) is 0.177. The van der Waals surface area contributed by atoms with Crippen LogP contribution in [0.5, 0.6) is 0 Å². The number of aryl methyl sites for hydroxylation is 2. The lowest BCUT2D eigenvalue weighted by Gasteiger charge is -2.30. The first-order valence-corrected chi connectivity index (χ1v) is 11.1. The van der Waals surface area contributed by atoms with E-state index in [2.05, 4.69) is 17.6 Å². The zero-order valence-corrected chi connectivity index (χ0v) is 20.6. The number of nitrogens with zero attached hydrogens (tertiary/aromatic N) is 1. The topological polar surface area (TPSA) is 87.7 Å². The zero-order valence-electron chi connectivity index (χ0n) is 20.6. The molecule has 2 aromatic rings. The minimum atomic E-state index is -0.883. The van der Waals surface area contributed by atoms with E-state index in [1.54, 1.807) is 34.7 Å². The molecule has 2 unspecified atom stereocenters. The van der Waals surface area contributed by atoms with Gasteiger partial charge in [-0.1, -0.05) is 49.4 Å². The molecule has 7 nitrogen and oxygen atoms in total. The smallest absolute Gasteiger partial charge is 0.408 e. The highest BCUT2D eigenvalue weighted by atomic mass is 16.6. The van der Waals surface area contributed by atoms with Crippen LogP contribution < -0.4 is 10.6 Å². The molecule has 0 aliphatic carbocycles. The number of benzene rings is 2. The number of anilines is 1. The van der Waals surface area contributed by atoms with Crippen molar-refractivity contribution >= 4 is 23.6 Å². The minimum absolute atomic E-state index is 0.339. The number of nitrogens with one attached hydrogen (secondary N) is 2. The molecular weight excluding hydrogens is 418 g/mol. The molecular formula is C26H35N3O4. The van der Waals surface area contributed by atoms with Gasteiger partial charge >= 0.3 is 6.09 Å². The van der Waals surface area contributed by atoms with E-state index in [0.717, 1.165) is 17.5 Å². The van der Waals surface area contributed by atoms with Gasteiger partial charge in [-0.2, -0.15) is 0 Å². The molecule has 0 heterocycles. The van der Waals surface area contributed by atoms with Gasteiger partial charge in [0.05, 0.1) is 0 Å². The maximum absolute atomic E-state index is 13.4. The van der Waals surface area contributed by atoms with Crippen molar-refractivity contribution in [2.75, 3.05) is 12.4 Å². The second-order valence-corrected chi connectivity index (χ2v) is 9.12. The molecule has 0 aromatic heterocycles. The third-order valence-electron chi connectivity index (χ3n) is 5.19. The highest BCUT2D eigenvalue weighted by molar-refractivity contribution is 5.99. The van der Waals surface area contributed by atoms with Gasteiger partial charge in [0, 0.05) is 12.7 Å². The van der Waals surface area contributed by atoms with E-state index >= 15 is 0 Å². The van der Waals surface area contributed by atoms with Crippen LogP contribution in [0.15, 0.2) is 48.5 Å². The van der Waals surface area contributed by atoms with Gasteiger partial charge in [0.15, 0.2) is 0 Å². The van der Waals surface area contributed by atoms with Crippen LogP contribution in [-0.2, 0) is 20.7 Å². The Hall–Kier alpha value is -3.35. The van der Waals surface area contributed by atoms with Gasteiger partial charge in [0.2, 0.25) is 5.91 Å². The lowest BCUT2D eigenvalue weighted by atomic mass is 10.0. The normalized spacial score (nSPS) is 12.9. The SMILES string of the molecule is CCc1ccc(C(C(=O)Nc2ccccc2C)N(C)C(=O)C(C)NC(=O)OC(C)(C)C)cc1. The van der Waals surface area contributed by atoms with Crippen LogP contribution in [0.4, 0.5) is 10.5 Å². The lowest BCUT2D eigenvalue weighted by Crippen LogP contribution is -2.49. The predicted octanol–water partition coefficient (Wildman–Crippen LogP) is 4.61. The van der Waals surface area contributed by atoms with Crippen molar-refractivity contribution in [3.63, 3.8) is 0 Å². The summed E-state index contributed by atoms with van der Waals surface area (Å²) in [5.41, 5.74) is 2.72. The molecule has 0 saturated carbocycles. The number of carbonyl (C=O) groups is 3. The monoisotopic (exact) mass is 453 g/mol. The van der Waals surface area contributed by atoms with Crippen LogP contribution in [-0.4, -0.2) is 41.5 Å². The van der Waals surface area contributed by atoms with Gasteiger partial charge in [-0.25, -0.2) is 4.79 Å². The van der Waals surface area contributed by atoms with Crippen molar-refractivity contribution in [2.24, 2.45) is 0 Å². The molecule has 2 atom stereocenters. The molecule has 0 bridgehead atoms. The Morgan fingerprint density at radius 3 is 2.18 bits per heavy atom. The molecule has 2 N–H and O–H groups in total. The fourth-order valence-corrected chi connectivity index (χ4v) is 3.38. The van der Waals surface area contributed by atoms with E-state index < -0.39 is 29.7 Å². The first kappa shape index (κ1) is 25.9. The summed E-state index contributed by atoms with van der Waals surface area (Å²) in [6.45, 7) is 10.8. The van der Waals surface area contributed by atoms with Gasteiger partial charge in [0.1, 0.15) is 17.7 Å². The number of likely N-dealkylation sites (N-methyl/N-ethyl adjacent to an activating group) is 1. The zero-order chi connectivity index (χ0) is 24.8. The molecule has 0 spiro atoms. The van der Waals surface area contributed by atoms with Crippen molar-refractivity contribution in [1.29, 1.82) is 0 Å². The van der Waals surface area contributed by atoms with Crippen molar-refractivity contribution in [3.8, 4) is 0 Å². The maximum Gasteiger partial charge on any atom is 0.408 e. The second-order valence-electron chi connectivity index (χ2n) is 9.12. The van der Waals surface area contributed by atoms with Gasteiger partial charge in [-0.3, -0.25) is 9.59 Å². The molecule has 0 aliphatic heterocycles. The molecule has 2 rings (SSSR count). The van der Waals surface area contributed by atoms with Crippen molar-refractivity contribution in [1.82, 2.24) is 10.2 Å².